The van der Waals surface area contributed by atoms with Crippen LogP contribution in [0.5, 0.6) is 0 Å². The van der Waals surface area contributed by atoms with Crippen molar-refractivity contribution in [1.82, 2.24) is 0 Å². The highest BCUT2D eigenvalue weighted by Gasteiger charge is 1.84. The SMILES string of the molecule is C=O.C=O.CCc1ccc(C)cc1.Cc1ccccc1. The molecule has 0 fully saturated rings. The molecule has 0 unspecified atom stereocenters. The van der Waals surface area contributed by atoms with Crippen LogP contribution in [-0.2, 0) is 16.0 Å². The molecule has 0 N–H and O–H groups in total. The third kappa shape index (κ3) is 10.9. The summed E-state index contributed by atoms with van der Waals surface area (Å²) >= 11 is 0. The van der Waals surface area contributed by atoms with Crippen molar-refractivity contribution >= 4 is 13.6 Å². The van der Waals surface area contributed by atoms with Crippen LogP contribution in [0, 0.1) is 13.8 Å². The zero-order valence-electron chi connectivity index (χ0n) is 12.6. The van der Waals surface area contributed by atoms with Crippen LogP contribution in [0.4, 0.5) is 0 Å². The van der Waals surface area contributed by atoms with Crippen LogP contribution in [0.25, 0.3) is 0 Å². The van der Waals surface area contributed by atoms with Crippen LogP contribution < -0.4 is 0 Å². The van der Waals surface area contributed by atoms with Crippen molar-refractivity contribution in [3.8, 4) is 0 Å². The lowest BCUT2D eigenvalue weighted by atomic mass is 10.1. The van der Waals surface area contributed by atoms with E-state index >= 15 is 0 Å². The summed E-state index contributed by atoms with van der Waals surface area (Å²) in [6, 6.07) is 18.9. The fourth-order valence-electron chi connectivity index (χ4n) is 1.36. The molecular weight excluding hydrogens is 248 g/mol. The van der Waals surface area contributed by atoms with Crippen molar-refractivity contribution in [3.63, 3.8) is 0 Å². The minimum atomic E-state index is 1.14. The van der Waals surface area contributed by atoms with E-state index in [4.69, 9.17) is 9.59 Å². The molecule has 0 aliphatic heterocycles. The molecule has 0 saturated heterocycles. The Morgan fingerprint density at radius 1 is 0.700 bits per heavy atom. The second-order valence-corrected chi connectivity index (χ2v) is 3.99. The van der Waals surface area contributed by atoms with Crippen LogP contribution in [-0.4, -0.2) is 13.6 Å². The first-order chi connectivity index (χ1) is 9.72. The number of benzene rings is 2. The molecular formula is C18H24O2. The Morgan fingerprint density at radius 2 is 1.10 bits per heavy atom. The van der Waals surface area contributed by atoms with E-state index in [2.05, 4.69) is 57.2 Å². The molecule has 2 heteroatoms. The molecule has 0 radical (unpaired) electrons. The van der Waals surface area contributed by atoms with E-state index in [1.807, 2.05) is 31.8 Å². The van der Waals surface area contributed by atoms with E-state index in [0.717, 1.165) is 6.42 Å². The maximum Gasteiger partial charge on any atom is 0.106 e. The van der Waals surface area contributed by atoms with Gasteiger partial charge in [0.1, 0.15) is 13.6 Å². The Labute approximate surface area is 122 Å². The van der Waals surface area contributed by atoms with Crippen molar-refractivity contribution in [1.29, 1.82) is 0 Å². The van der Waals surface area contributed by atoms with Crippen molar-refractivity contribution in [2.45, 2.75) is 27.2 Å². The molecule has 2 aromatic rings. The lowest BCUT2D eigenvalue weighted by molar-refractivity contribution is -0.0987. The maximum absolute atomic E-state index is 8.00. The summed E-state index contributed by atoms with van der Waals surface area (Å²) in [7, 11) is 0. The van der Waals surface area contributed by atoms with E-state index in [1.54, 1.807) is 0 Å². The van der Waals surface area contributed by atoms with Crippen LogP contribution >= 0.6 is 0 Å². The molecule has 0 aliphatic carbocycles. The van der Waals surface area contributed by atoms with Gasteiger partial charge in [0.05, 0.1) is 0 Å². The van der Waals surface area contributed by atoms with Gasteiger partial charge in [0, 0.05) is 0 Å². The summed E-state index contributed by atoms with van der Waals surface area (Å²) in [4.78, 5) is 16.0. The summed E-state index contributed by atoms with van der Waals surface area (Å²) in [6.45, 7) is 10.4. The first-order valence-electron chi connectivity index (χ1n) is 6.37. The second-order valence-electron chi connectivity index (χ2n) is 3.99. The van der Waals surface area contributed by atoms with Gasteiger partial charge in [-0.2, -0.15) is 0 Å². The van der Waals surface area contributed by atoms with Crippen molar-refractivity contribution in [3.05, 3.63) is 71.3 Å². The standard InChI is InChI=1S/C9H12.C7H8.2CH2O/c1-3-9-6-4-8(2)5-7-9;1-7-5-3-2-4-6-7;2*1-2/h4-7H,3H2,1-2H3;2-6H,1H3;2*1H2. The van der Waals surface area contributed by atoms with Crippen molar-refractivity contribution in [2.75, 3.05) is 0 Å². The molecule has 0 heterocycles. The Bertz CT molecular complexity index is 419. The number of hydrogen-bond acceptors (Lipinski definition) is 2. The zero-order valence-corrected chi connectivity index (χ0v) is 12.6. The van der Waals surface area contributed by atoms with Gasteiger partial charge in [0.2, 0.25) is 0 Å². The normalized spacial score (nSPS) is 7.75. The third-order valence-electron chi connectivity index (χ3n) is 2.47. The van der Waals surface area contributed by atoms with Crippen molar-refractivity contribution in [2.24, 2.45) is 0 Å². The van der Waals surface area contributed by atoms with Gasteiger partial charge in [-0.15, -0.1) is 0 Å². The average Bonchev–Trinajstić information content (AvgIpc) is 2.53. The molecule has 0 spiro atoms. The van der Waals surface area contributed by atoms with Crippen LogP contribution in [0.15, 0.2) is 54.6 Å². The number of carbonyl (C=O) groups is 2. The summed E-state index contributed by atoms with van der Waals surface area (Å²) in [5, 5.41) is 0. The van der Waals surface area contributed by atoms with E-state index in [-0.39, 0.29) is 0 Å². The van der Waals surface area contributed by atoms with Gasteiger partial charge in [-0.3, -0.25) is 0 Å². The zero-order chi connectivity index (χ0) is 15.8. The quantitative estimate of drug-likeness (QED) is 0.780. The molecule has 0 atom stereocenters. The largest absolute Gasteiger partial charge is 0.307 e. The molecule has 0 bridgehead atoms. The maximum atomic E-state index is 8.00. The van der Waals surface area contributed by atoms with E-state index in [1.165, 1.54) is 16.7 Å². The Kier molecular flexibility index (Phi) is 14.9. The van der Waals surface area contributed by atoms with Gasteiger partial charge in [0.15, 0.2) is 0 Å². The van der Waals surface area contributed by atoms with Gasteiger partial charge >= 0.3 is 0 Å². The number of rotatable bonds is 1. The highest BCUT2D eigenvalue weighted by Crippen LogP contribution is 2.02. The molecule has 2 aromatic carbocycles. The molecule has 2 nitrogen and oxygen atoms in total. The van der Waals surface area contributed by atoms with Gasteiger partial charge in [-0.1, -0.05) is 72.6 Å². The molecule has 0 aliphatic rings. The summed E-state index contributed by atoms with van der Waals surface area (Å²) in [5.74, 6) is 0. The van der Waals surface area contributed by atoms with Crippen LogP contribution in [0.1, 0.15) is 23.6 Å². The second kappa shape index (κ2) is 14.8. The molecule has 108 valence electrons. The highest BCUT2D eigenvalue weighted by atomic mass is 16.1. The van der Waals surface area contributed by atoms with Gasteiger partial charge in [-0.25, -0.2) is 0 Å². The fraction of sp³-hybridized carbons (Fsp3) is 0.222. The predicted molar refractivity (Wildman–Crippen MR) is 86.0 cm³/mol. The van der Waals surface area contributed by atoms with Gasteiger partial charge in [-0.05, 0) is 25.8 Å². The highest BCUT2D eigenvalue weighted by molar-refractivity contribution is 5.20. The summed E-state index contributed by atoms with van der Waals surface area (Å²) < 4.78 is 0. The van der Waals surface area contributed by atoms with Crippen LogP contribution in [0.3, 0.4) is 0 Å². The van der Waals surface area contributed by atoms with Crippen LogP contribution in [0.2, 0.25) is 0 Å². The average molecular weight is 272 g/mol. The molecule has 20 heavy (non-hydrogen) atoms. The third-order valence-corrected chi connectivity index (χ3v) is 2.47. The lowest BCUT2D eigenvalue weighted by Crippen LogP contribution is -1.77. The van der Waals surface area contributed by atoms with Gasteiger partial charge in [0.25, 0.3) is 0 Å². The molecule has 0 saturated carbocycles. The number of aryl methyl sites for hydroxylation is 3. The number of carbonyl (C=O) groups excluding carboxylic acids is 2. The van der Waals surface area contributed by atoms with Crippen molar-refractivity contribution < 1.29 is 9.59 Å². The summed E-state index contributed by atoms with van der Waals surface area (Å²) in [6.07, 6.45) is 1.14. The first-order valence-corrected chi connectivity index (χ1v) is 6.37. The van der Waals surface area contributed by atoms with E-state index in [9.17, 15) is 0 Å². The predicted octanol–water partition coefficient (Wildman–Crippen LogP) is 4.18. The first kappa shape index (κ1) is 20.1. The topological polar surface area (TPSA) is 34.1 Å². The smallest absolute Gasteiger partial charge is 0.106 e. The molecule has 2 rings (SSSR count). The monoisotopic (exact) mass is 272 g/mol. The molecule has 0 amide bonds. The van der Waals surface area contributed by atoms with E-state index < -0.39 is 0 Å². The Balaban J connectivity index is 0. The molecule has 0 aromatic heterocycles. The fourth-order valence-corrected chi connectivity index (χ4v) is 1.36. The minimum Gasteiger partial charge on any atom is -0.307 e. The minimum absolute atomic E-state index is 1.14. The summed E-state index contributed by atoms with van der Waals surface area (Å²) in [5.41, 5.74) is 4.08. The Hall–Kier alpha value is -2.22. The number of hydrogen-bond donors (Lipinski definition) is 0. The Morgan fingerprint density at radius 3 is 1.40 bits per heavy atom. The van der Waals surface area contributed by atoms with Gasteiger partial charge < -0.3 is 9.59 Å². The van der Waals surface area contributed by atoms with E-state index in [0.29, 0.717) is 0 Å². The lowest BCUT2D eigenvalue weighted by Gasteiger charge is -1.94.